The molecule has 0 aromatic heterocycles. The predicted molar refractivity (Wildman–Crippen MR) is 110 cm³/mol. The molecule has 0 radical (unpaired) electrons. The summed E-state index contributed by atoms with van der Waals surface area (Å²) in [5.74, 6) is -3.22. The molecule has 0 saturated carbocycles. The first-order chi connectivity index (χ1) is 14.0. The van der Waals surface area contributed by atoms with Crippen molar-refractivity contribution in [3.05, 3.63) is 35.4 Å². The summed E-state index contributed by atoms with van der Waals surface area (Å²) in [5.41, 5.74) is 6.11. The van der Waals surface area contributed by atoms with Crippen LogP contribution in [0.1, 0.15) is 38.7 Å². The number of hydrogen-bond donors (Lipinski definition) is 2. The molecule has 0 fully saturated rings. The lowest BCUT2D eigenvalue weighted by Gasteiger charge is -2.28. The lowest BCUT2D eigenvalue weighted by molar-refractivity contribution is -0.148. The highest BCUT2D eigenvalue weighted by Crippen LogP contribution is 2.09. The molecule has 2 atom stereocenters. The van der Waals surface area contributed by atoms with Crippen molar-refractivity contribution < 1.29 is 23.2 Å². The molecule has 0 bridgehead atoms. The van der Waals surface area contributed by atoms with Gasteiger partial charge in [-0.25, -0.2) is 8.78 Å². The third-order valence-corrected chi connectivity index (χ3v) is 4.52. The van der Waals surface area contributed by atoms with Crippen molar-refractivity contribution in [3.8, 4) is 0 Å². The van der Waals surface area contributed by atoms with Crippen molar-refractivity contribution in [2.75, 3.05) is 27.2 Å². The van der Waals surface area contributed by atoms with Crippen molar-refractivity contribution in [3.63, 3.8) is 0 Å². The number of rotatable bonds is 11. The predicted octanol–water partition coefficient (Wildman–Crippen LogP) is 1.45. The third kappa shape index (κ3) is 8.54. The summed E-state index contributed by atoms with van der Waals surface area (Å²) < 4.78 is 26.6. The van der Waals surface area contributed by atoms with Gasteiger partial charge in [0.2, 0.25) is 11.8 Å². The SMILES string of the molecule is CCCC[C@H](N)C(=O)N(CCN(C)C)C(=O)[C@H](C)NC(=O)Cc1cc(F)cc(F)c1. The summed E-state index contributed by atoms with van der Waals surface area (Å²) in [7, 11) is 3.63. The molecule has 0 aliphatic carbocycles. The number of nitrogens with one attached hydrogen (secondary N) is 1. The first-order valence-electron chi connectivity index (χ1n) is 10.0. The van der Waals surface area contributed by atoms with Gasteiger partial charge in [0.15, 0.2) is 0 Å². The van der Waals surface area contributed by atoms with E-state index in [1.54, 1.807) is 0 Å². The molecule has 168 valence electrons. The zero-order valence-corrected chi connectivity index (χ0v) is 18.1. The fourth-order valence-electron chi connectivity index (χ4n) is 2.86. The molecule has 1 rings (SSSR count). The van der Waals surface area contributed by atoms with E-state index < -0.39 is 41.4 Å². The Kier molecular flexibility index (Phi) is 10.5. The number of imide groups is 1. The Morgan fingerprint density at radius 1 is 1.07 bits per heavy atom. The van der Waals surface area contributed by atoms with Crippen molar-refractivity contribution >= 4 is 17.7 Å². The number of carbonyl (C=O) groups is 3. The second-order valence-electron chi connectivity index (χ2n) is 7.62. The van der Waals surface area contributed by atoms with Crippen LogP contribution in [0.15, 0.2) is 18.2 Å². The Morgan fingerprint density at radius 2 is 1.67 bits per heavy atom. The number of carbonyl (C=O) groups excluding carboxylic acids is 3. The highest BCUT2D eigenvalue weighted by molar-refractivity contribution is 6.01. The zero-order valence-electron chi connectivity index (χ0n) is 18.1. The third-order valence-electron chi connectivity index (χ3n) is 4.52. The van der Waals surface area contributed by atoms with Crippen molar-refractivity contribution in [2.24, 2.45) is 5.73 Å². The normalized spacial score (nSPS) is 13.1. The Morgan fingerprint density at radius 3 is 2.20 bits per heavy atom. The van der Waals surface area contributed by atoms with E-state index in [0.29, 0.717) is 19.0 Å². The molecule has 0 spiro atoms. The molecule has 30 heavy (non-hydrogen) atoms. The number of nitrogens with two attached hydrogens (primary N) is 1. The summed E-state index contributed by atoms with van der Waals surface area (Å²) in [6, 6.07) is 1.02. The van der Waals surface area contributed by atoms with Crippen LogP contribution in [-0.4, -0.2) is 66.8 Å². The van der Waals surface area contributed by atoms with Gasteiger partial charge in [-0.05, 0) is 45.1 Å². The van der Waals surface area contributed by atoms with Crippen molar-refractivity contribution in [1.82, 2.24) is 15.1 Å². The topological polar surface area (TPSA) is 95.7 Å². The summed E-state index contributed by atoms with van der Waals surface area (Å²) in [4.78, 5) is 40.7. The summed E-state index contributed by atoms with van der Waals surface area (Å²) in [6.45, 7) is 4.02. The maximum absolute atomic E-state index is 13.3. The van der Waals surface area contributed by atoms with Crippen molar-refractivity contribution in [1.29, 1.82) is 0 Å². The maximum atomic E-state index is 13.3. The van der Waals surface area contributed by atoms with Gasteiger partial charge < -0.3 is 16.0 Å². The van der Waals surface area contributed by atoms with Crippen LogP contribution >= 0.6 is 0 Å². The van der Waals surface area contributed by atoms with Gasteiger partial charge in [-0.15, -0.1) is 0 Å². The Labute approximate surface area is 176 Å². The van der Waals surface area contributed by atoms with Gasteiger partial charge in [0, 0.05) is 19.2 Å². The number of benzene rings is 1. The highest BCUT2D eigenvalue weighted by Gasteiger charge is 2.30. The summed E-state index contributed by atoms with van der Waals surface area (Å²) >= 11 is 0. The van der Waals surface area contributed by atoms with E-state index >= 15 is 0 Å². The molecule has 1 aromatic rings. The molecule has 1 aromatic carbocycles. The molecule has 3 N–H and O–H groups in total. The number of halogens is 2. The number of hydrogen-bond acceptors (Lipinski definition) is 5. The first kappa shape index (κ1) is 25.6. The quantitative estimate of drug-likeness (QED) is 0.558. The monoisotopic (exact) mass is 426 g/mol. The maximum Gasteiger partial charge on any atom is 0.251 e. The molecular weight excluding hydrogens is 394 g/mol. The van der Waals surface area contributed by atoms with E-state index in [0.717, 1.165) is 29.9 Å². The molecule has 9 heteroatoms. The minimum atomic E-state index is -1.000. The van der Waals surface area contributed by atoms with Crippen LogP contribution in [0, 0.1) is 11.6 Å². The second kappa shape index (κ2) is 12.3. The van der Waals surface area contributed by atoms with Crippen LogP contribution in [0.4, 0.5) is 8.78 Å². The number of amides is 3. The number of likely N-dealkylation sites (N-methyl/N-ethyl adjacent to an activating group) is 1. The fraction of sp³-hybridized carbons (Fsp3) is 0.571. The molecule has 3 amide bonds. The molecule has 0 aliphatic rings. The van der Waals surface area contributed by atoms with E-state index in [2.05, 4.69) is 5.32 Å². The summed E-state index contributed by atoms with van der Waals surface area (Å²) in [6.07, 6.45) is 1.81. The minimum absolute atomic E-state index is 0.139. The van der Waals surface area contributed by atoms with Gasteiger partial charge in [0.1, 0.15) is 17.7 Å². The highest BCUT2D eigenvalue weighted by atomic mass is 19.1. The number of nitrogens with zero attached hydrogens (tertiary/aromatic N) is 2. The van der Waals surface area contributed by atoms with Crippen LogP contribution in [0.5, 0.6) is 0 Å². The molecule has 0 aliphatic heterocycles. The van der Waals surface area contributed by atoms with Crippen LogP contribution in [0.3, 0.4) is 0 Å². The number of unbranched alkanes of at least 4 members (excludes halogenated alkanes) is 1. The lowest BCUT2D eigenvalue weighted by Crippen LogP contribution is -2.54. The van der Waals surface area contributed by atoms with Gasteiger partial charge in [-0.2, -0.15) is 0 Å². The average molecular weight is 427 g/mol. The first-order valence-corrected chi connectivity index (χ1v) is 10.0. The standard InChI is InChI=1S/C21H32F2N4O3/c1-5-6-7-18(24)21(30)27(9-8-26(3)4)20(29)14(2)25-19(28)12-15-10-16(22)13-17(23)11-15/h10-11,13-14,18H,5-9,12,24H2,1-4H3,(H,25,28)/t14-,18-/m0/s1. The smallest absolute Gasteiger partial charge is 0.251 e. The average Bonchev–Trinajstić information content (AvgIpc) is 2.64. The van der Waals surface area contributed by atoms with Crippen LogP contribution in [0.25, 0.3) is 0 Å². The lowest BCUT2D eigenvalue weighted by atomic mass is 10.1. The van der Waals surface area contributed by atoms with Gasteiger partial charge in [-0.3, -0.25) is 19.3 Å². The Balaban J connectivity index is 2.82. The molecular formula is C21H32F2N4O3. The van der Waals surface area contributed by atoms with Gasteiger partial charge in [0.05, 0.1) is 12.5 Å². The van der Waals surface area contributed by atoms with Gasteiger partial charge in [-0.1, -0.05) is 19.8 Å². The zero-order chi connectivity index (χ0) is 22.8. The molecule has 0 heterocycles. The molecule has 0 unspecified atom stereocenters. The van der Waals surface area contributed by atoms with Gasteiger partial charge in [0.25, 0.3) is 5.91 Å². The second-order valence-corrected chi connectivity index (χ2v) is 7.62. The van der Waals surface area contributed by atoms with Crippen LogP contribution < -0.4 is 11.1 Å². The Bertz CT molecular complexity index is 723. The van der Waals surface area contributed by atoms with Gasteiger partial charge >= 0.3 is 0 Å². The van der Waals surface area contributed by atoms with Crippen molar-refractivity contribution in [2.45, 2.75) is 51.6 Å². The minimum Gasteiger partial charge on any atom is -0.344 e. The fourth-order valence-corrected chi connectivity index (χ4v) is 2.86. The van der Waals surface area contributed by atoms with E-state index in [1.807, 2.05) is 25.9 Å². The summed E-state index contributed by atoms with van der Waals surface area (Å²) in [5, 5.41) is 2.49. The Hall–Kier alpha value is -2.39. The molecule has 0 saturated heterocycles. The largest absolute Gasteiger partial charge is 0.344 e. The van der Waals surface area contributed by atoms with E-state index in [4.69, 9.17) is 5.73 Å². The van der Waals surface area contributed by atoms with E-state index in [-0.39, 0.29) is 18.5 Å². The van der Waals surface area contributed by atoms with Crippen LogP contribution in [0.2, 0.25) is 0 Å². The van der Waals surface area contributed by atoms with E-state index in [9.17, 15) is 23.2 Å². The molecule has 7 nitrogen and oxygen atoms in total. The van der Waals surface area contributed by atoms with Crippen LogP contribution in [-0.2, 0) is 20.8 Å². The van der Waals surface area contributed by atoms with E-state index in [1.165, 1.54) is 6.92 Å².